The molecule has 0 bridgehead atoms. The van der Waals surface area contributed by atoms with E-state index in [-0.39, 0.29) is 0 Å². The molecule has 2 nitrogen and oxygen atoms in total. The maximum absolute atomic E-state index is 5.89. The maximum atomic E-state index is 5.89. The van der Waals surface area contributed by atoms with Gasteiger partial charge in [0.15, 0.2) is 0 Å². The molecule has 2 N–H and O–H groups in total. The number of hydrogen-bond acceptors (Lipinski definition) is 2. The first-order valence-electron chi connectivity index (χ1n) is 4.85. The lowest BCUT2D eigenvalue weighted by Gasteiger charge is -2.15. The Labute approximate surface area is 90.7 Å². The number of nitrogens with two attached hydrogens (primary N) is 1. The molecule has 78 valence electrons. The molecule has 0 radical (unpaired) electrons. The fourth-order valence-electron chi connectivity index (χ4n) is 1.39. The summed E-state index contributed by atoms with van der Waals surface area (Å²) < 4.78 is 0. The van der Waals surface area contributed by atoms with Gasteiger partial charge < -0.3 is 10.6 Å². The summed E-state index contributed by atoms with van der Waals surface area (Å²) in [7, 11) is 2.09. The molecule has 14 heavy (non-hydrogen) atoms. The molecule has 0 amide bonds. The van der Waals surface area contributed by atoms with Gasteiger partial charge in [0.25, 0.3) is 0 Å². The van der Waals surface area contributed by atoms with Crippen LogP contribution in [0.15, 0.2) is 24.3 Å². The molecule has 3 heteroatoms. The Bertz CT molecular complexity index is 276. The number of rotatable bonds is 5. The lowest BCUT2D eigenvalue weighted by molar-refractivity contribution is 0.324. The van der Waals surface area contributed by atoms with Crippen LogP contribution in [0.1, 0.15) is 12.0 Å². The highest BCUT2D eigenvalue weighted by atomic mass is 35.5. The smallest absolute Gasteiger partial charge is 0.0409 e. The number of hydrogen-bond donors (Lipinski definition) is 1. The van der Waals surface area contributed by atoms with Gasteiger partial charge in [0, 0.05) is 11.6 Å². The standard InChI is InChI=1S/C11H17ClN2/c1-14(7-3-6-13)9-10-4-2-5-11(12)8-10/h2,4-5,8H,3,6-7,9,13H2,1H3. The average molecular weight is 213 g/mol. The third-order valence-electron chi connectivity index (χ3n) is 2.09. The molecule has 0 atom stereocenters. The summed E-state index contributed by atoms with van der Waals surface area (Å²) in [5.74, 6) is 0. The molecule has 0 spiro atoms. The largest absolute Gasteiger partial charge is 0.330 e. The molecular formula is C11H17ClN2. The van der Waals surface area contributed by atoms with Crippen LogP contribution in [0.5, 0.6) is 0 Å². The molecule has 0 aliphatic rings. The first kappa shape index (κ1) is 11.5. The first-order chi connectivity index (χ1) is 6.72. The van der Waals surface area contributed by atoms with Crippen LogP contribution in [-0.4, -0.2) is 25.0 Å². The van der Waals surface area contributed by atoms with E-state index in [1.165, 1.54) is 5.56 Å². The quantitative estimate of drug-likeness (QED) is 0.810. The van der Waals surface area contributed by atoms with Crippen molar-refractivity contribution in [1.29, 1.82) is 0 Å². The van der Waals surface area contributed by atoms with Crippen LogP contribution < -0.4 is 5.73 Å². The molecule has 0 aliphatic carbocycles. The van der Waals surface area contributed by atoms with E-state index in [2.05, 4.69) is 18.0 Å². The van der Waals surface area contributed by atoms with Gasteiger partial charge in [-0.2, -0.15) is 0 Å². The molecule has 0 aliphatic heterocycles. The zero-order valence-electron chi connectivity index (χ0n) is 8.54. The lowest BCUT2D eigenvalue weighted by Crippen LogP contribution is -2.21. The van der Waals surface area contributed by atoms with Crippen molar-refractivity contribution in [3.8, 4) is 0 Å². The SMILES string of the molecule is CN(CCCN)Cc1cccc(Cl)c1. The van der Waals surface area contributed by atoms with E-state index in [0.717, 1.165) is 31.1 Å². The molecule has 1 rings (SSSR count). The maximum Gasteiger partial charge on any atom is 0.0409 e. The van der Waals surface area contributed by atoms with Crippen molar-refractivity contribution in [2.75, 3.05) is 20.1 Å². The fourth-order valence-corrected chi connectivity index (χ4v) is 1.60. The van der Waals surface area contributed by atoms with Crippen molar-refractivity contribution in [1.82, 2.24) is 4.90 Å². The second kappa shape index (κ2) is 6.02. The second-order valence-corrected chi connectivity index (χ2v) is 3.95. The van der Waals surface area contributed by atoms with Crippen LogP contribution in [0.2, 0.25) is 5.02 Å². The topological polar surface area (TPSA) is 29.3 Å². The van der Waals surface area contributed by atoms with Gasteiger partial charge in [0.05, 0.1) is 0 Å². The zero-order chi connectivity index (χ0) is 10.4. The van der Waals surface area contributed by atoms with E-state index in [4.69, 9.17) is 17.3 Å². The van der Waals surface area contributed by atoms with E-state index in [1.807, 2.05) is 18.2 Å². The highest BCUT2D eigenvalue weighted by Crippen LogP contribution is 2.11. The highest BCUT2D eigenvalue weighted by Gasteiger charge is 1.99. The Morgan fingerprint density at radius 1 is 1.43 bits per heavy atom. The molecule has 1 aromatic rings. The van der Waals surface area contributed by atoms with Crippen LogP contribution in [-0.2, 0) is 6.54 Å². The van der Waals surface area contributed by atoms with E-state index >= 15 is 0 Å². The summed E-state index contributed by atoms with van der Waals surface area (Å²) >= 11 is 5.89. The molecule has 0 heterocycles. The van der Waals surface area contributed by atoms with Crippen LogP contribution >= 0.6 is 11.6 Å². The Hall–Kier alpha value is -0.570. The van der Waals surface area contributed by atoms with Gasteiger partial charge in [-0.15, -0.1) is 0 Å². The van der Waals surface area contributed by atoms with Gasteiger partial charge in [-0.25, -0.2) is 0 Å². The van der Waals surface area contributed by atoms with E-state index in [1.54, 1.807) is 0 Å². The van der Waals surface area contributed by atoms with Crippen molar-refractivity contribution < 1.29 is 0 Å². The molecular weight excluding hydrogens is 196 g/mol. The van der Waals surface area contributed by atoms with Crippen LogP contribution in [0.4, 0.5) is 0 Å². The van der Waals surface area contributed by atoms with Crippen LogP contribution in [0.25, 0.3) is 0 Å². The fraction of sp³-hybridized carbons (Fsp3) is 0.455. The van der Waals surface area contributed by atoms with Crippen LogP contribution in [0.3, 0.4) is 0 Å². The summed E-state index contributed by atoms with van der Waals surface area (Å²) in [5, 5.41) is 0.801. The Morgan fingerprint density at radius 3 is 2.86 bits per heavy atom. The summed E-state index contributed by atoms with van der Waals surface area (Å²) in [5.41, 5.74) is 6.69. The van der Waals surface area contributed by atoms with E-state index in [0.29, 0.717) is 0 Å². The first-order valence-corrected chi connectivity index (χ1v) is 5.23. The minimum Gasteiger partial charge on any atom is -0.330 e. The van der Waals surface area contributed by atoms with E-state index in [9.17, 15) is 0 Å². The highest BCUT2D eigenvalue weighted by molar-refractivity contribution is 6.30. The Balaban J connectivity index is 2.43. The van der Waals surface area contributed by atoms with E-state index < -0.39 is 0 Å². The average Bonchev–Trinajstić information content (AvgIpc) is 2.15. The number of nitrogens with zero attached hydrogens (tertiary/aromatic N) is 1. The third kappa shape index (κ3) is 4.09. The molecule has 0 saturated carbocycles. The van der Waals surface area contributed by atoms with Crippen LogP contribution in [0, 0.1) is 0 Å². The normalized spacial score (nSPS) is 10.9. The van der Waals surface area contributed by atoms with Gasteiger partial charge in [-0.1, -0.05) is 23.7 Å². The third-order valence-corrected chi connectivity index (χ3v) is 2.32. The van der Waals surface area contributed by atoms with Gasteiger partial charge in [0.2, 0.25) is 0 Å². The predicted octanol–water partition coefficient (Wildman–Crippen LogP) is 2.12. The monoisotopic (exact) mass is 212 g/mol. The second-order valence-electron chi connectivity index (χ2n) is 3.51. The minimum absolute atomic E-state index is 0.750. The van der Waals surface area contributed by atoms with Crippen molar-refractivity contribution in [2.24, 2.45) is 5.73 Å². The molecule has 1 aromatic carbocycles. The predicted molar refractivity (Wildman–Crippen MR) is 61.5 cm³/mol. The van der Waals surface area contributed by atoms with Crippen molar-refractivity contribution in [2.45, 2.75) is 13.0 Å². The molecule has 0 aromatic heterocycles. The van der Waals surface area contributed by atoms with Gasteiger partial charge >= 0.3 is 0 Å². The Kier molecular flexibility index (Phi) is 4.94. The molecule has 0 unspecified atom stereocenters. The summed E-state index contributed by atoms with van der Waals surface area (Å²) in [6.45, 7) is 2.71. The van der Waals surface area contributed by atoms with Gasteiger partial charge in [0.1, 0.15) is 0 Å². The van der Waals surface area contributed by atoms with Crippen molar-refractivity contribution in [3.05, 3.63) is 34.9 Å². The number of benzene rings is 1. The van der Waals surface area contributed by atoms with Crippen molar-refractivity contribution in [3.63, 3.8) is 0 Å². The van der Waals surface area contributed by atoms with Gasteiger partial charge in [-0.05, 0) is 44.3 Å². The summed E-state index contributed by atoms with van der Waals surface area (Å²) in [4.78, 5) is 2.25. The minimum atomic E-state index is 0.750. The van der Waals surface area contributed by atoms with Crippen molar-refractivity contribution >= 4 is 11.6 Å². The lowest BCUT2D eigenvalue weighted by atomic mass is 10.2. The molecule has 0 saturated heterocycles. The van der Waals surface area contributed by atoms with Gasteiger partial charge in [-0.3, -0.25) is 0 Å². The zero-order valence-corrected chi connectivity index (χ0v) is 9.30. The summed E-state index contributed by atoms with van der Waals surface area (Å²) in [6.07, 6.45) is 1.04. The molecule has 0 fully saturated rings. The number of halogens is 1. The Morgan fingerprint density at radius 2 is 2.21 bits per heavy atom. The summed E-state index contributed by atoms with van der Waals surface area (Å²) in [6, 6.07) is 7.96.